The number of rotatable bonds is 8. The molecule has 102 valence electrons. The molecule has 0 aliphatic rings. The van der Waals surface area contributed by atoms with Gasteiger partial charge < -0.3 is 15.2 Å². The van der Waals surface area contributed by atoms with Crippen LogP contribution in [0.3, 0.4) is 0 Å². The molecule has 4 nitrogen and oxygen atoms in total. The Hall–Kier alpha value is -0.620. The van der Waals surface area contributed by atoms with Gasteiger partial charge in [-0.25, -0.2) is 0 Å². The molecular weight excluding hydrogens is 296 g/mol. The minimum atomic E-state index is 0.715. The summed E-state index contributed by atoms with van der Waals surface area (Å²) >= 11 is 3.46. The quantitative estimate of drug-likeness (QED) is 0.746. The third-order valence-corrected chi connectivity index (χ3v) is 3.07. The normalized spacial score (nSPS) is 11.1. The summed E-state index contributed by atoms with van der Waals surface area (Å²) in [6.45, 7) is 4.04. The lowest BCUT2D eigenvalue weighted by Crippen LogP contribution is -2.30. The summed E-state index contributed by atoms with van der Waals surface area (Å²) in [4.78, 5) is 2.29. The van der Waals surface area contributed by atoms with Crippen LogP contribution in [0.1, 0.15) is 5.56 Å². The van der Waals surface area contributed by atoms with Crippen molar-refractivity contribution in [3.63, 3.8) is 0 Å². The van der Waals surface area contributed by atoms with E-state index in [4.69, 9.17) is 15.2 Å². The van der Waals surface area contributed by atoms with Crippen molar-refractivity contribution < 1.29 is 9.47 Å². The molecule has 2 N–H and O–H groups in total. The van der Waals surface area contributed by atoms with Gasteiger partial charge in [-0.05, 0) is 23.8 Å². The predicted molar refractivity (Wildman–Crippen MR) is 77.6 cm³/mol. The van der Waals surface area contributed by atoms with Crippen LogP contribution in [-0.4, -0.2) is 45.4 Å². The number of nitrogens with two attached hydrogens (primary N) is 1. The minimum Gasteiger partial charge on any atom is -0.399 e. The summed E-state index contributed by atoms with van der Waals surface area (Å²) in [6.07, 6.45) is 0. The lowest BCUT2D eigenvalue weighted by atomic mass is 10.2. The SMILES string of the molecule is COCCN(CCOC)Cc1cc(N)cc(Br)c1. The fourth-order valence-electron chi connectivity index (χ4n) is 1.74. The second-order valence-electron chi connectivity index (χ2n) is 4.15. The van der Waals surface area contributed by atoms with E-state index in [-0.39, 0.29) is 0 Å². The van der Waals surface area contributed by atoms with Crippen LogP contribution in [0.15, 0.2) is 22.7 Å². The van der Waals surface area contributed by atoms with E-state index in [1.54, 1.807) is 14.2 Å². The highest BCUT2D eigenvalue weighted by molar-refractivity contribution is 9.10. The Morgan fingerprint density at radius 2 is 1.72 bits per heavy atom. The molecule has 0 heterocycles. The summed E-state index contributed by atoms with van der Waals surface area (Å²) in [5.41, 5.74) is 7.80. The van der Waals surface area contributed by atoms with Crippen molar-refractivity contribution in [3.8, 4) is 0 Å². The highest BCUT2D eigenvalue weighted by atomic mass is 79.9. The lowest BCUT2D eigenvalue weighted by Gasteiger charge is -2.22. The van der Waals surface area contributed by atoms with E-state index in [1.165, 1.54) is 5.56 Å². The second kappa shape index (κ2) is 8.48. The monoisotopic (exact) mass is 316 g/mol. The van der Waals surface area contributed by atoms with E-state index >= 15 is 0 Å². The number of nitrogens with zero attached hydrogens (tertiary/aromatic N) is 1. The fourth-order valence-corrected chi connectivity index (χ4v) is 2.29. The van der Waals surface area contributed by atoms with Crippen LogP contribution in [0.25, 0.3) is 0 Å². The molecule has 0 atom stereocenters. The van der Waals surface area contributed by atoms with Gasteiger partial charge in [0.25, 0.3) is 0 Å². The molecule has 0 spiro atoms. The Labute approximate surface area is 117 Å². The topological polar surface area (TPSA) is 47.7 Å². The largest absolute Gasteiger partial charge is 0.399 e. The number of methoxy groups -OCH3 is 2. The maximum atomic E-state index is 5.84. The van der Waals surface area contributed by atoms with Gasteiger partial charge in [-0.15, -0.1) is 0 Å². The average molecular weight is 317 g/mol. The van der Waals surface area contributed by atoms with Gasteiger partial charge in [-0.1, -0.05) is 15.9 Å². The molecule has 1 rings (SSSR count). The van der Waals surface area contributed by atoms with E-state index in [2.05, 4.69) is 26.9 Å². The van der Waals surface area contributed by atoms with Crippen molar-refractivity contribution in [2.75, 3.05) is 46.3 Å². The molecule has 0 aromatic heterocycles. The smallest absolute Gasteiger partial charge is 0.0589 e. The van der Waals surface area contributed by atoms with Crippen molar-refractivity contribution >= 4 is 21.6 Å². The standard InChI is InChI=1S/C13H21BrN2O2/c1-17-5-3-16(4-6-18-2)10-11-7-12(14)9-13(15)8-11/h7-9H,3-6,10,15H2,1-2H3. The molecule has 0 saturated carbocycles. The van der Waals surface area contributed by atoms with E-state index in [0.29, 0.717) is 13.2 Å². The van der Waals surface area contributed by atoms with Crippen molar-refractivity contribution in [1.82, 2.24) is 4.90 Å². The van der Waals surface area contributed by atoms with Crippen LogP contribution in [-0.2, 0) is 16.0 Å². The van der Waals surface area contributed by atoms with Gasteiger partial charge in [-0.3, -0.25) is 4.90 Å². The summed E-state index contributed by atoms with van der Waals surface area (Å²) in [7, 11) is 3.43. The summed E-state index contributed by atoms with van der Waals surface area (Å²) < 4.78 is 11.3. The minimum absolute atomic E-state index is 0.715. The molecule has 0 aliphatic carbocycles. The Morgan fingerprint density at radius 1 is 1.11 bits per heavy atom. The molecule has 0 amide bonds. The highest BCUT2D eigenvalue weighted by Crippen LogP contribution is 2.18. The lowest BCUT2D eigenvalue weighted by molar-refractivity contribution is 0.110. The van der Waals surface area contributed by atoms with Gasteiger partial charge in [0.1, 0.15) is 0 Å². The maximum Gasteiger partial charge on any atom is 0.0589 e. The van der Waals surface area contributed by atoms with E-state index in [1.807, 2.05) is 12.1 Å². The van der Waals surface area contributed by atoms with Crippen LogP contribution in [0.5, 0.6) is 0 Å². The Kier molecular flexibility index (Phi) is 7.27. The van der Waals surface area contributed by atoms with Crippen molar-refractivity contribution in [3.05, 3.63) is 28.2 Å². The third kappa shape index (κ3) is 5.82. The molecule has 0 unspecified atom stereocenters. The Bertz CT molecular complexity index is 333. The van der Waals surface area contributed by atoms with Crippen molar-refractivity contribution in [1.29, 1.82) is 0 Å². The van der Waals surface area contributed by atoms with Crippen LogP contribution < -0.4 is 5.73 Å². The van der Waals surface area contributed by atoms with Crippen molar-refractivity contribution in [2.45, 2.75) is 6.54 Å². The van der Waals surface area contributed by atoms with E-state index in [0.717, 1.165) is 29.8 Å². The number of benzene rings is 1. The van der Waals surface area contributed by atoms with Crippen LogP contribution in [0.2, 0.25) is 0 Å². The van der Waals surface area contributed by atoms with E-state index < -0.39 is 0 Å². The summed E-state index contributed by atoms with van der Waals surface area (Å²) in [5, 5.41) is 0. The number of hydrogen-bond acceptors (Lipinski definition) is 4. The maximum absolute atomic E-state index is 5.84. The molecule has 0 fully saturated rings. The van der Waals surface area contributed by atoms with Crippen LogP contribution >= 0.6 is 15.9 Å². The number of ether oxygens (including phenoxy) is 2. The Balaban J connectivity index is 2.62. The Morgan fingerprint density at radius 3 is 2.22 bits per heavy atom. The molecule has 0 radical (unpaired) electrons. The summed E-state index contributed by atoms with van der Waals surface area (Å²) in [6, 6.07) is 5.98. The predicted octanol–water partition coefficient (Wildman–Crippen LogP) is 2.13. The highest BCUT2D eigenvalue weighted by Gasteiger charge is 2.07. The van der Waals surface area contributed by atoms with Gasteiger partial charge in [0.05, 0.1) is 13.2 Å². The van der Waals surface area contributed by atoms with E-state index in [9.17, 15) is 0 Å². The zero-order valence-electron chi connectivity index (χ0n) is 11.0. The van der Waals surface area contributed by atoms with Gasteiger partial charge in [-0.2, -0.15) is 0 Å². The number of nitrogen functional groups attached to an aromatic ring is 1. The first-order chi connectivity index (χ1) is 8.65. The van der Waals surface area contributed by atoms with Crippen LogP contribution in [0, 0.1) is 0 Å². The molecule has 18 heavy (non-hydrogen) atoms. The van der Waals surface area contributed by atoms with Gasteiger partial charge in [0.2, 0.25) is 0 Å². The first-order valence-corrected chi connectivity index (χ1v) is 6.70. The molecular formula is C13H21BrN2O2. The number of hydrogen-bond donors (Lipinski definition) is 1. The second-order valence-corrected chi connectivity index (χ2v) is 5.07. The number of halogens is 1. The molecule has 1 aromatic carbocycles. The van der Waals surface area contributed by atoms with Crippen molar-refractivity contribution in [2.24, 2.45) is 0 Å². The number of anilines is 1. The zero-order valence-corrected chi connectivity index (χ0v) is 12.6. The molecule has 5 heteroatoms. The molecule has 1 aromatic rings. The molecule has 0 saturated heterocycles. The van der Waals surface area contributed by atoms with Gasteiger partial charge in [0.15, 0.2) is 0 Å². The average Bonchev–Trinajstić information content (AvgIpc) is 2.31. The van der Waals surface area contributed by atoms with Crippen LogP contribution in [0.4, 0.5) is 5.69 Å². The first-order valence-electron chi connectivity index (χ1n) is 5.91. The first kappa shape index (κ1) is 15.4. The zero-order chi connectivity index (χ0) is 13.4. The third-order valence-electron chi connectivity index (χ3n) is 2.61. The molecule has 0 aliphatic heterocycles. The fraction of sp³-hybridized carbons (Fsp3) is 0.538. The van der Waals surface area contributed by atoms with Gasteiger partial charge >= 0.3 is 0 Å². The molecule has 0 bridgehead atoms. The summed E-state index contributed by atoms with van der Waals surface area (Å²) in [5.74, 6) is 0. The van der Waals surface area contributed by atoms with Gasteiger partial charge in [0, 0.05) is 44.0 Å².